The molecule has 0 radical (unpaired) electrons. The number of amides is 1. The van der Waals surface area contributed by atoms with E-state index in [0.29, 0.717) is 0 Å². The van der Waals surface area contributed by atoms with Gasteiger partial charge in [-0.3, -0.25) is 19.3 Å². The summed E-state index contributed by atoms with van der Waals surface area (Å²) >= 11 is 6.83. The summed E-state index contributed by atoms with van der Waals surface area (Å²) in [7, 11) is -2.60. The predicted octanol–water partition coefficient (Wildman–Crippen LogP) is 0.265. The first-order valence-electron chi connectivity index (χ1n) is 8.78. The van der Waals surface area contributed by atoms with Gasteiger partial charge in [-0.05, 0) is 10.4 Å². The maximum absolute atomic E-state index is 13.4. The van der Waals surface area contributed by atoms with Crippen LogP contribution in [0, 0.1) is 5.41 Å². The molecular weight excluding hydrogens is 458 g/mol. The minimum atomic E-state index is -4.12. The molecule has 0 aliphatic carbocycles. The Morgan fingerprint density at radius 2 is 1.93 bits per heavy atom. The van der Waals surface area contributed by atoms with E-state index in [9.17, 15) is 22.8 Å². The molecule has 1 aromatic rings. The molecule has 3 heterocycles. The van der Waals surface area contributed by atoms with Crippen molar-refractivity contribution in [3.63, 3.8) is 0 Å². The van der Waals surface area contributed by atoms with Gasteiger partial charge in [-0.15, -0.1) is 16.7 Å². The summed E-state index contributed by atoms with van der Waals surface area (Å²) in [5.74, 6) is -1.83. The van der Waals surface area contributed by atoms with Gasteiger partial charge in [0.25, 0.3) is 0 Å². The molecule has 1 aromatic heterocycles. The fourth-order valence-corrected chi connectivity index (χ4v) is 7.40. The Bertz CT molecular complexity index is 1060. The number of hydrogen-bond donors (Lipinski definition) is 0. The van der Waals surface area contributed by atoms with E-state index >= 15 is 0 Å². The number of β-lactam (4-membered cyclic amide) rings is 1. The third kappa shape index (κ3) is 3.62. The standard InChI is InChI=1S/C16H20ClN5O6S2/c1-7(23)28-6-8-10(11(24)16(2,3)4)22-12(25)9(17)13(22)30(26,27)14(8)29-15-18-19-20-21(15)5/h9,13-14H,6H2,1-5H3/t9-,13+,14-/m0/s1. The van der Waals surface area contributed by atoms with Crippen LogP contribution in [-0.2, 0) is 36.0 Å². The number of fused-ring (bicyclic) bond motifs is 1. The molecule has 1 amide bonds. The number of ether oxygens (including phenoxy) is 1. The highest BCUT2D eigenvalue weighted by Crippen LogP contribution is 2.48. The molecular formula is C16H20ClN5O6S2. The number of halogens is 1. The van der Waals surface area contributed by atoms with Crippen LogP contribution in [0.5, 0.6) is 0 Å². The van der Waals surface area contributed by atoms with E-state index in [4.69, 9.17) is 16.3 Å². The molecule has 11 nitrogen and oxygen atoms in total. The van der Waals surface area contributed by atoms with E-state index in [1.807, 2.05) is 0 Å². The Balaban J connectivity index is 2.24. The Hall–Kier alpha value is -1.99. The highest BCUT2D eigenvalue weighted by atomic mass is 35.5. The largest absolute Gasteiger partial charge is 0.461 e. The number of thioether (sulfide) groups is 1. The minimum absolute atomic E-state index is 0.0220. The van der Waals surface area contributed by atoms with E-state index < -0.39 is 54.9 Å². The maximum atomic E-state index is 13.4. The number of hydrogen-bond acceptors (Lipinski definition) is 10. The lowest BCUT2D eigenvalue weighted by atomic mass is 9.86. The molecule has 2 aliphatic rings. The SMILES string of the molecule is CC(=O)OCC1=C(C(=O)C(C)(C)C)N2C(=O)[C@H](Cl)[C@H]2S(=O)(=O)[C@@H]1Sc1nnnn1C. The van der Waals surface area contributed by atoms with Gasteiger partial charge in [0.15, 0.2) is 21.0 Å². The predicted molar refractivity (Wildman–Crippen MR) is 106 cm³/mol. The summed E-state index contributed by atoms with van der Waals surface area (Å²) in [5, 5.41) is 8.39. The summed E-state index contributed by atoms with van der Waals surface area (Å²) in [4.78, 5) is 38.1. The van der Waals surface area contributed by atoms with Crippen molar-refractivity contribution in [1.82, 2.24) is 25.1 Å². The molecule has 3 atom stereocenters. The van der Waals surface area contributed by atoms with Crippen molar-refractivity contribution in [2.24, 2.45) is 12.5 Å². The summed E-state index contributed by atoms with van der Waals surface area (Å²) in [6.07, 6.45) is 0. The van der Waals surface area contributed by atoms with Crippen LogP contribution in [-0.4, -0.2) is 73.1 Å². The number of tetrazole rings is 1. The van der Waals surface area contributed by atoms with Crippen molar-refractivity contribution in [1.29, 1.82) is 0 Å². The summed E-state index contributed by atoms with van der Waals surface area (Å²) in [6, 6.07) is 0. The van der Waals surface area contributed by atoms with Gasteiger partial charge >= 0.3 is 5.97 Å². The lowest BCUT2D eigenvalue weighted by Crippen LogP contribution is -2.70. The number of aromatic nitrogens is 4. The van der Waals surface area contributed by atoms with Gasteiger partial charge in [-0.2, -0.15) is 0 Å². The third-order valence-corrected chi connectivity index (χ3v) is 9.32. The lowest BCUT2D eigenvalue weighted by Gasteiger charge is -2.50. The van der Waals surface area contributed by atoms with E-state index in [0.717, 1.165) is 23.6 Å². The van der Waals surface area contributed by atoms with Crippen LogP contribution in [0.4, 0.5) is 0 Å². The van der Waals surface area contributed by atoms with E-state index in [1.165, 1.54) is 11.7 Å². The fourth-order valence-electron chi connectivity index (χ4n) is 3.05. The molecule has 0 bridgehead atoms. The van der Waals surface area contributed by atoms with Gasteiger partial charge in [-0.25, -0.2) is 13.1 Å². The van der Waals surface area contributed by atoms with Gasteiger partial charge in [0.1, 0.15) is 16.6 Å². The molecule has 164 valence electrons. The summed E-state index contributed by atoms with van der Waals surface area (Å²) in [6.45, 7) is 5.59. The number of esters is 1. The number of carbonyl (C=O) groups is 3. The van der Waals surface area contributed by atoms with Crippen molar-refractivity contribution >= 4 is 50.9 Å². The molecule has 14 heteroatoms. The number of ketones is 1. The number of rotatable bonds is 5. The number of sulfone groups is 1. The van der Waals surface area contributed by atoms with Crippen LogP contribution in [0.2, 0.25) is 0 Å². The molecule has 3 rings (SSSR count). The Kier molecular flexibility index (Phi) is 5.75. The first kappa shape index (κ1) is 22.7. The van der Waals surface area contributed by atoms with Crippen LogP contribution in [0.3, 0.4) is 0 Å². The van der Waals surface area contributed by atoms with Crippen LogP contribution in [0.25, 0.3) is 0 Å². The average molecular weight is 478 g/mol. The van der Waals surface area contributed by atoms with E-state index in [1.54, 1.807) is 20.8 Å². The van der Waals surface area contributed by atoms with Gasteiger partial charge in [0, 0.05) is 25.0 Å². The minimum Gasteiger partial charge on any atom is -0.461 e. The number of Topliss-reactive ketones (excluding diaryl/α,β-unsaturated/α-hetero) is 1. The van der Waals surface area contributed by atoms with Gasteiger partial charge < -0.3 is 4.74 Å². The zero-order valence-electron chi connectivity index (χ0n) is 16.8. The molecule has 2 aliphatic heterocycles. The molecule has 0 unspecified atom stereocenters. The van der Waals surface area contributed by atoms with Crippen LogP contribution in [0.1, 0.15) is 27.7 Å². The summed E-state index contributed by atoms with van der Waals surface area (Å²) < 4.78 is 31.7. The van der Waals surface area contributed by atoms with Crippen LogP contribution in [0.15, 0.2) is 16.4 Å². The lowest BCUT2D eigenvalue weighted by molar-refractivity contribution is -0.142. The zero-order chi connectivity index (χ0) is 22.6. The molecule has 0 N–H and O–H groups in total. The fraction of sp³-hybridized carbons (Fsp3) is 0.625. The molecule has 1 saturated heterocycles. The van der Waals surface area contributed by atoms with Crippen molar-refractivity contribution in [3.8, 4) is 0 Å². The molecule has 0 aromatic carbocycles. The van der Waals surface area contributed by atoms with Crippen molar-refractivity contribution in [2.75, 3.05) is 6.61 Å². The zero-order valence-corrected chi connectivity index (χ0v) is 19.2. The second-order valence-electron chi connectivity index (χ2n) is 7.86. The third-order valence-electron chi connectivity index (χ3n) is 4.56. The number of carbonyl (C=O) groups excluding carboxylic acids is 3. The Morgan fingerprint density at radius 3 is 2.43 bits per heavy atom. The number of alkyl halides is 1. The Labute approximate surface area is 182 Å². The highest BCUT2D eigenvalue weighted by molar-refractivity contribution is 8.14. The molecule has 1 fully saturated rings. The molecule has 0 saturated carbocycles. The van der Waals surface area contributed by atoms with Crippen molar-refractivity contribution in [3.05, 3.63) is 11.3 Å². The number of allylic oxidation sites excluding steroid dienone is 1. The first-order chi connectivity index (χ1) is 13.8. The maximum Gasteiger partial charge on any atom is 0.302 e. The van der Waals surface area contributed by atoms with Gasteiger partial charge in [-0.1, -0.05) is 32.5 Å². The first-order valence-corrected chi connectivity index (χ1v) is 11.7. The smallest absolute Gasteiger partial charge is 0.302 e. The molecule has 0 spiro atoms. The molecule has 30 heavy (non-hydrogen) atoms. The number of aryl methyl sites for hydroxylation is 1. The second-order valence-corrected chi connectivity index (χ2v) is 11.8. The topological polar surface area (TPSA) is 141 Å². The Morgan fingerprint density at radius 1 is 1.30 bits per heavy atom. The quantitative estimate of drug-likeness (QED) is 0.329. The van der Waals surface area contributed by atoms with Crippen molar-refractivity contribution in [2.45, 2.75) is 48.2 Å². The van der Waals surface area contributed by atoms with E-state index in [2.05, 4.69) is 15.5 Å². The highest BCUT2D eigenvalue weighted by Gasteiger charge is 2.63. The summed E-state index contributed by atoms with van der Waals surface area (Å²) in [5.41, 5.74) is -1.08. The number of nitrogens with zero attached hydrogens (tertiary/aromatic N) is 5. The van der Waals surface area contributed by atoms with Gasteiger partial charge in [0.2, 0.25) is 11.1 Å². The normalized spacial score (nSPS) is 25.6. The van der Waals surface area contributed by atoms with Crippen LogP contribution >= 0.6 is 23.4 Å². The van der Waals surface area contributed by atoms with Gasteiger partial charge in [0.05, 0.1) is 5.70 Å². The van der Waals surface area contributed by atoms with Crippen LogP contribution < -0.4 is 0 Å². The van der Waals surface area contributed by atoms with E-state index in [-0.39, 0.29) is 16.4 Å². The second kappa shape index (κ2) is 7.61. The van der Waals surface area contributed by atoms with Crippen molar-refractivity contribution < 1.29 is 27.5 Å². The average Bonchev–Trinajstić information content (AvgIpc) is 3.04. The monoisotopic (exact) mass is 477 g/mol.